The molecular weight excluding hydrogens is 576 g/mol. The molecule has 2 N–H and O–H groups in total. The number of hydrogen-bond donors (Lipinski definition) is 2. The van der Waals surface area contributed by atoms with E-state index in [-0.39, 0.29) is 5.75 Å². The molecule has 7 rings (SSSR count). The molecule has 1 atom stereocenters. The van der Waals surface area contributed by atoms with E-state index in [2.05, 4.69) is 58.2 Å². The SMILES string of the molecule is Cc1cc(C)cc(NC2=Nc3ccccc3N3C2=Nc2c(c(C)nn2-c2ccccc2)C3c2cc(Br)ccc2O)c1. The Morgan fingerprint density at radius 2 is 1.56 bits per heavy atom. The predicted molar refractivity (Wildman–Crippen MR) is 169 cm³/mol. The number of para-hydroxylation sites is 3. The van der Waals surface area contributed by atoms with E-state index in [1.54, 1.807) is 6.07 Å². The number of aryl methyl sites for hydroxylation is 3. The van der Waals surface area contributed by atoms with Crippen LogP contribution in [0.15, 0.2) is 105 Å². The van der Waals surface area contributed by atoms with Crippen LogP contribution in [-0.4, -0.2) is 26.6 Å². The van der Waals surface area contributed by atoms with Crippen molar-refractivity contribution in [3.8, 4) is 11.4 Å². The third kappa shape index (κ3) is 4.31. The van der Waals surface area contributed by atoms with E-state index < -0.39 is 6.04 Å². The minimum atomic E-state index is -0.417. The number of nitrogens with one attached hydrogen (secondary N) is 1. The first-order valence-electron chi connectivity index (χ1n) is 13.4. The summed E-state index contributed by atoms with van der Waals surface area (Å²) in [5, 5.41) is 19.8. The van der Waals surface area contributed by atoms with Gasteiger partial charge in [-0.25, -0.2) is 14.7 Å². The lowest BCUT2D eigenvalue weighted by Gasteiger charge is -2.40. The highest BCUT2D eigenvalue weighted by Crippen LogP contribution is 2.50. The summed E-state index contributed by atoms with van der Waals surface area (Å²) in [5.74, 6) is 2.17. The van der Waals surface area contributed by atoms with Crippen molar-refractivity contribution in [1.82, 2.24) is 9.78 Å². The maximum absolute atomic E-state index is 11.3. The summed E-state index contributed by atoms with van der Waals surface area (Å²) in [6.07, 6.45) is 0. The van der Waals surface area contributed by atoms with E-state index in [0.29, 0.717) is 17.5 Å². The molecule has 2 aliphatic rings. The van der Waals surface area contributed by atoms with Gasteiger partial charge in [-0.05, 0) is 86.5 Å². The van der Waals surface area contributed by atoms with Gasteiger partial charge in [-0.15, -0.1) is 0 Å². The van der Waals surface area contributed by atoms with E-state index in [9.17, 15) is 5.11 Å². The summed E-state index contributed by atoms with van der Waals surface area (Å²) in [7, 11) is 0. The number of phenols is 1. The van der Waals surface area contributed by atoms with Crippen molar-refractivity contribution in [2.45, 2.75) is 26.8 Å². The van der Waals surface area contributed by atoms with E-state index in [4.69, 9.17) is 15.1 Å². The number of amidine groups is 2. The second-order valence-corrected chi connectivity index (χ2v) is 11.3. The van der Waals surface area contributed by atoms with Crippen molar-refractivity contribution in [3.05, 3.63) is 123 Å². The van der Waals surface area contributed by atoms with E-state index in [0.717, 1.165) is 55.2 Å². The van der Waals surface area contributed by atoms with Crippen LogP contribution >= 0.6 is 15.9 Å². The number of aromatic hydroxyl groups is 1. The largest absolute Gasteiger partial charge is 0.508 e. The fraction of sp³-hybridized carbons (Fsp3) is 0.121. The number of aliphatic imine (C=N–C) groups is 2. The number of rotatable bonds is 3. The third-order valence-corrected chi connectivity index (χ3v) is 7.90. The van der Waals surface area contributed by atoms with Crippen LogP contribution in [0, 0.1) is 20.8 Å². The minimum absolute atomic E-state index is 0.195. The topological polar surface area (TPSA) is 78.0 Å². The normalized spacial score (nSPS) is 15.4. The molecule has 1 unspecified atom stereocenters. The summed E-state index contributed by atoms with van der Waals surface area (Å²) in [4.78, 5) is 12.5. The van der Waals surface area contributed by atoms with Crippen LogP contribution in [0.25, 0.3) is 5.69 Å². The van der Waals surface area contributed by atoms with Gasteiger partial charge in [-0.3, -0.25) is 0 Å². The van der Waals surface area contributed by atoms with Gasteiger partial charge in [0.25, 0.3) is 0 Å². The van der Waals surface area contributed by atoms with Gasteiger partial charge in [0.15, 0.2) is 17.5 Å². The number of nitrogens with zero attached hydrogens (tertiary/aromatic N) is 5. The number of halogens is 1. The fourth-order valence-electron chi connectivity index (χ4n) is 5.77. The van der Waals surface area contributed by atoms with Gasteiger partial charge in [-0.2, -0.15) is 5.10 Å². The summed E-state index contributed by atoms with van der Waals surface area (Å²) in [6, 6.07) is 29.5. The lowest BCUT2D eigenvalue weighted by atomic mass is 9.92. The average Bonchev–Trinajstić information content (AvgIpc) is 3.29. The highest BCUT2D eigenvalue weighted by atomic mass is 79.9. The zero-order valence-corrected chi connectivity index (χ0v) is 24.4. The zero-order chi connectivity index (χ0) is 28.2. The molecule has 5 aromatic rings. The first-order chi connectivity index (χ1) is 19.9. The maximum Gasteiger partial charge on any atom is 0.179 e. The lowest BCUT2D eigenvalue weighted by molar-refractivity contribution is 0.465. The summed E-state index contributed by atoms with van der Waals surface area (Å²) in [5.41, 5.74) is 8.37. The summed E-state index contributed by atoms with van der Waals surface area (Å²) < 4.78 is 2.75. The molecule has 0 bridgehead atoms. The van der Waals surface area contributed by atoms with Gasteiger partial charge in [0.2, 0.25) is 0 Å². The van der Waals surface area contributed by atoms with E-state index in [1.807, 2.05) is 78.3 Å². The molecule has 4 aromatic carbocycles. The van der Waals surface area contributed by atoms with E-state index in [1.165, 1.54) is 0 Å². The molecule has 7 nitrogen and oxygen atoms in total. The predicted octanol–water partition coefficient (Wildman–Crippen LogP) is 8.06. The number of aromatic nitrogens is 2. The molecular formula is C33H27BrN6O. The first-order valence-corrected chi connectivity index (χ1v) is 14.2. The van der Waals surface area contributed by atoms with Crippen molar-refractivity contribution in [3.63, 3.8) is 0 Å². The van der Waals surface area contributed by atoms with Gasteiger partial charge in [0.05, 0.1) is 28.8 Å². The average molecular weight is 604 g/mol. The Bertz CT molecular complexity index is 1870. The number of benzene rings is 4. The van der Waals surface area contributed by atoms with Crippen LogP contribution in [-0.2, 0) is 0 Å². The van der Waals surface area contributed by atoms with Crippen molar-refractivity contribution < 1.29 is 5.11 Å². The van der Waals surface area contributed by atoms with Crippen molar-refractivity contribution >= 4 is 50.5 Å². The molecule has 0 amide bonds. The van der Waals surface area contributed by atoms with E-state index >= 15 is 0 Å². The lowest BCUT2D eigenvalue weighted by Crippen LogP contribution is -2.46. The molecule has 0 aliphatic carbocycles. The minimum Gasteiger partial charge on any atom is -0.508 e. The molecule has 8 heteroatoms. The Morgan fingerprint density at radius 3 is 2.34 bits per heavy atom. The second kappa shape index (κ2) is 9.74. The molecule has 3 heterocycles. The molecule has 0 saturated carbocycles. The monoisotopic (exact) mass is 602 g/mol. The van der Waals surface area contributed by atoms with Crippen molar-refractivity contribution in [2.24, 2.45) is 9.98 Å². The Balaban J connectivity index is 1.52. The van der Waals surface area contributed by atoms with Gasteiger partial charge in [-0.1, -0.05) is 52.3 Å². The van der Waals surface area contributed by atoms with Crippen LogP contribution in [0.4, 0.5) is 22.9 Å². The first kappa shape index (κ1) is 25.3. The maximum atomic E-state index is 11.3. The van der Waals surface area contributed by atoms with Crippen LogP contribution in [0.5, 0.6) is 5.75 Å². The van der Waals surface area contributed by atoms with Gasteiger partial charge in [0, 0.05) is 21.3 Å². The van der Waals surface area contributed by atoms with Crippen LogP contribution in [0.3, 0.4) is 0 Å². The second-order valence-electron chi connectivity index (χ2n) is 10.4. The molecule has 0 spiro atoms. The number of fused-ring (bicyclic) bond motifs is 4. The molecule has 1 aromatic heterocycles. The van der Waals surface area contributed by atoms with Crippen LogP contribution in [0.2, 0.25) is 0 Å². The van der Waals surface area contributed by atoms with Crippen LogP contribution in [0.1, 0.15) is 34.0 Å². The smallest absolute Gasteiger partial charge is 0.179 e. The Morgan fingerprint density at radius 1 is 0.829 bits per heavy atom. The van der Waals surface area contributed by atoms with Gasteiger partial charge >= 0.3 is 0 Å². The zero-order valence-electron chi connectivity index (χ0n) is 22.8. The Labute approximate surface area is 246 Å². The van der Waals surface area contributed by atoms with Crippen molar-refractivity contribution in [1.29, 1.82) is 0 Å². The summed E-state index contributed by atoms with van der Waals surface area (Å²) >= 11 is 3.64. The van der Waals surface area contributed by atoms with Crippen LogP contribution < -0.4 is 10.2 Å². The Hall–Kier alpha value is -4.69. The fourth-order valence-corrected chi connectivity index (χ4v) is 6.15. The number of hydrogen-bond acceptors (Lipinski definition) is 6. The van der Waals surface area contributed by atoms with Crippen molar-refractivity contribution in [2.75, 3.05) is 10.2 Å². The van der Waals surface area contributed by atoms with Gasteiger partial charge < -0.3 is 15.3 Å². The number of phenolic OH excluding ortho intramolecular Hbond substituents is 1. The molecule has 2 aliphatic heterocycles. The standard InChI is InChI=1S/C33H27BrN6O/c1-19-15-20(2)17-23(16-19)35-31-33-37-32-29(21(3)38-40(32)24-9-5-4-6-10-24)30(25-18-22(34)13-14-28(25)41)39(33)27-12-8-7-11-26(27)36-31/h4-18,30,41H,1-3H3,(H,35,36). The van der Waals surface area contributed by atoms with Gasteiger partial charge in [0.1, 0.15) is 5.75 Å². The molecule has 41 heavy (non-hydrogen) atoms. The molecule has 0 radical (unpaired) electrons. The third-order valence-electron chi connectivity index (χ3n) is 7.41. The quantitative estimate of drug-likeness (QED) is 0.219. The summed E-state index contributed by atoms with van der Waals surface area (Å²) in [6.45, 7) is 6.17. The Kier molecular flexibility index (Phi) is 6.01. The molecule has 202 valence electrons. The molecule has 0 saturated heterocycles. The highest BCUT2D eigenvalue weighted by Gasteiger charge is 2.42. The number of anilines is 2. The molecule has 0 fully saturated rings. The highest BCUT2D eigenvalue weighted by molar-refractivity contribution is 9.10.